The van der Waals surface area contributed by atoms with Gasteiger partial charge < -0.3 is 0 Å². The summed E-state index contributed by atoms with van der Waals surface area (Å²) in [5, 5.41) is 0. The van der Waals surface area contributed by atoms with E-state index < -0.39 is 0 Å². The third-order valence-corrected chi connectivity index (χ3v) is 3.72. The molecule has 0 aliphatic carbocycles. The molecule has 0 heterocycles. The van der Waals surface area contributed by atoms with E-state index in [1.165, 1.54) is 70.1 Å². The quantitative estimate of drug-likeness (QED) is 0.316. The molecule has 0 aromatic rings. The summed E-state index contributed by atoms with van der Waals surface area (Å²) in [7, 11) is 1.65. The van der Waals surface area contributed by atoms with Gasteiger partial charge in [-0.2, -0.15) is 0 Å². The molecular formula is C13H28P. The first kappa shape index (κ1) is 14.4. The van der Waals surface area contributed by atoms with Gasteiger partial charge in [-0.05, 0) is 18.7 Å². The number of rotatable bonds is 11. The van der Waals surface area contributed by atoms with Gasteiger partial charge in [0.15, 0.2) is 0 Å². The largest absolute Gasteiger partial charge is 0.0813 e. The van der Waals surface area contributed by atoms with Crippen molar-refractivity contribution in [3.63, 3.8) is 0 Å². The first-order valence-corrected chi connectivity index (χ1v) is 7.81. The molecule has 0 unspecified atom stereocenters. The van der Waals surface area contributed by atoms with Gasteiger partial charge in [-0.25, -0.2) is 0 Å². The van der Waals surface area contributed by atoms with Crippen LogP contribution in [0.1, 0.15) is 71.6 Å². The monoisotopic (exact) mass is 215 g/mol. The highest BCUT2D eigenvalue weighted by molar-refractivity contribution is 7.37. The number of hydrogen-bond acceptors (Lipinski definition) is 0. The van der Waals surface area contributed by atoms with Crippen molar-refractivity contribution in [1.82, 2.24) is 0 Å². The van der Waals surface area contributed by atoms with Crippen molar-refractivity contribution in [2.45, 2.75) is 71.6 Å². The Morgan fingerprint density at radius 2 is 1.14 bits per heavy atom. The molecule has 1 heteroatoms. The van der Waals surface area contributed by atoms with Gasteiger partial charge in [0.05, 0.1) is 0 Å². The van der Waals surface area contributed by atoms with Crippen LogP contribution in [0.2, 0.25) is 0 Å². The highest BCUT2D eigenvalue weighted by Gasteiger charge is 1.91. The molecule has 0 N–H and O–H groups in total. The molecule has 0 saturated carbocycles. The lowest BCUT2D eigenvalue weighted by Crippen LogP contribution is -1.82. The van der Waals surface area contributed by atoms with E-state index in [1.807, 2.05) is 0 Å². The van der Waals surface area contributed by atoms with Crippen molar-refractivity contribution in [2.24, 2.45) is 0 Å². The van der Waals surface area contributed by atoms with E-state index in [4.69, 9.17) is 0 Å². The molecule has 85 valence electrons. The van der Waals surface area contributed by atoms with E-state index in [9.17, 15) is 0 Å². The van der Waals surface area contributed by atoms with Gasteiger partial charge in [0, 0.05) is 0 Å². The lowest BCUT2D eigenvalue weighted by molar-refractivity contribution is 0.573. The van der Waals surface area contributed by atoms with Crippen LogP contribution in [0.3, 0.4) is 0 Å². The third kappa shape index (κ3) is 12.4. The summed E-state index contributed by atoms with van der Waals surface area (Å²) in [4.78, 5) is 0. The molecule has 0 spiro atoms. The maximum absolute atomic E-state index is 2.28. The fourth-order valence-corrected chi connectivity index (χ4v) is 2.46. The van der Waals surface area contributed by atoms with Crippen molar-refractivity contribution < 1.29 is 0 Å². The molecule has 1 radical (unpaired) electrons. The molecule has 0 saturated heterocycles. The zero-order valence-electron chi connectivity index (χ0n) is 10.2. The van der Waals surface area contributed by atoms with Gasteiger partial charge >= 0.3 is 0 Å². The van der Waals surface area contributed by atoms with E-state index in [1.54, 1.807) is 8.58 Å². The molecular weight excluding hydrogens is 187 g/mol. The van der Waals surface area contributed by atoms with Gasteiger partial charge in [-0.3, -0.25) is 0 Å². The second kappa shape index (κ2) is 13.4. The summed E-state index contributed by atoms with van der Waals surface area (Å²) < 4.78 is 0. The maximum atomic E-state index is 2.28. The average Bonchev–Trinajstić information content (AvgIpc) is 2.21. The average molecular weight is 215 g/mol. The Morgan fingerprint density at radius 1 is 0.643 bits per heavy atom. The van der Waals surface area contributed by atoms with Crippen LogP contribution in [0.5, 0.6) is 0 Å². The molecule has 0 atom stereocenters. The first-order chi connectivity index (χ1) is 6.91. The lowest BCUT2D eigenvalue weighted by atomic mass is 10.1. The summed E-state index contributed by atoms with van der Waals surface area (Å²) in [5.41, 5.74) is 0. The summed E-state index contributed by atoms with van der Waals surface area (Å²) >= 11 is 0. The van der Waals surface area contributed by atoms with E-state index >= 15 is 0 Å². The molecule has 0 rings (SSSR count). The summed E-state index contributed by atoms with van der Waals surface area (Å²) in [6.07, 6.45) is 15.9. The molecule has 0 nitrogen and oxygen atoms in total. The van der Waals surface area contributed by atoms with Gasteiger partial charge in [0.1, 0.15) is 0 Å². The fraction of sp³-hybridized carbons (Fsp3) is 1.00. The Morgan fingerprint density at radius 3 is 1.64 bits per heavy atom. The topological polar surface area (TPSA) is 0 Å². The van der Waals surface area contributed by atoms with Crippen molar-refractivity contribution >= 4 is 8.58 Å². The van der Waals surface area contributed by atoms with Crippen LogP contribution >= 0.6 is 8.58 Å². The highest BCUT2D eigenvalue weighted by atomic mass is 31.1. The summed E-state index contributed by atoms with van der Waals surface area (Å²) in [6, 6.07) is 0. The third-order valence-electron chi connectivity index (χ3n) is 2.64. The lowest BCUT2D eigenvalue weighted by Gasteiger charge is -2.01. The number of unbranched alkanes of at least 4 members (excludes halogenated alkanes) is 8. The van der Waals surface area contributed by atoms with Crippen molar-refractivity contribution in [3.8, 4) is 0 Å². The molecule has 0 aromatic carbocycles. The van der Waals surface area contributed by atoms with Crippen LogP contribution in [-0.2, 0) is 0 Å². The van der Waals surface area contributed by atoms with Gasteiger partial charge in [-0.1, -0.05) is 73.8 Å². The van der Waals surface area contributed by atoms with Crippen molar-refractivity contribution in [2.75, 3.05) is 12.3 Å². The van der Waals surface area contributed by atoms with E-state index in [0.717, 1.165) is 0 Å². The van der Waals surface area contributed by atoms with Crippen LogP contribution in [0.15, 0.2) is 0 Å². The van der Waals surface area contributed by atoms with Gasteiger partial charge in [-0.15, -0.1) is 0 Å². The minimum absolute atomic E-state index is 1.34. The molecule has 0 amide bonds. The van der Waals surface area contributed by atoms with Crippen LogP contribution < -0.4 is 0 Å². The second-order valence-corrected chi connectivity index (χ2v) is 5.62. The van der Waals surface area contributed by atoms with E-state index in [-0.39, 0.29) is 0 Å². The fourth-order valence-electron chi connectivity index (χ4n) is 1.69. The highest BCUT2D eigenvalue weighted by Crippen LogP contribution is 2.14. The Bertz CT molecular complexity index is 79.2. The molecule has 0 aromatic heterocycles. The molecule has 0 bridgehead atoms. The van der Waals surface area contributed by atoms with E-state index in [2.05, 4.69) is 13.8 Å². The Kier molecular flexibility index (Phi) is 13.8. The SMILES string of the molecule is CCCCCCCCCCC[P]CC. The number of hydrogen-bond donors (Lipinski definition) is 0. The Balaban J connectivity index is 2.78. The van der Waals surface area contributed by atoms with Gasteiger partial charge in [0.2, 0.25) is 0 Å². The normalized spacial score (nSPS) is 11.6. The molecule has 0 aliphatic heterocycles. The molecule has 0 fully saturated rings. The predicted octanol–water partition coefficient (Wildman–Crippen LogP) is 5.48. The van der Waals surface area contributed by atoms with Crippen LogP contribution in [-0.4, -0.2) is 12.3 Å². The second-order valence-electron chi connectivity index (χ2n) is 4.09. The minimum atomic E-state index is 1.34. The van der Waals surface area contributed by atoms with Crippen LogP contribution in [0, 0.1) is 0 Å². The first-order valence-electron chi connectivity index (χ1n) is 6.55. The maximum Gasteiger partial charge on any atom is -0.0287 e. The Labute approximate surface area is 93.0 Å². The zero-order chi connectivity index (χ0) is 10.5. The molecule has 14 heavy (non-hydrogen) atoms. The summed E-state index contributed by atoms with van der Waals surface area (Å²) in [6.45, 7) is 4.56. The zero-order valence-corrected chi connectivity index (χ0v) is 11.1. The molecule has 0 aliphatic rings. The van der Waals surface area contributed by atoms with E-state index in [0.29, 0.717) is 0 Å². The smallest absolute Gasteiger partial charge is 0.0287 e. The van der Waals surface area contributed by atoms with Gasteiger partial charge in [0.25, 0.3) is 0 Å². The van der Waals surface area contributed by atoms with Crippen LogP contribution in [0.4, 0.5) is 0 Å². The Hall–Kier alpha value is 0.430. The predicted molar refractivity (Wildman–Crippen MR) is 69.6 cm³/mol. The minimum Gasteiger partial charge on any atom is -0.0813 e. The standard InChI is InChI=1S/C13H28P/c1-3-5-6-7-8-9-10-11-12-13-14-4-2/h3-13H2,1-2H3. The summed E-state index contributed by atoms with van der Waals surface area (Å²) in [5.74, 6) is 0. The van der Waals surface area contributed by atoms with Crippen molar-refractivity contribution in [1.29, 1.82) is 0 Å². The van der Waals surface area contributed by atoms with Crippen LogP contribution in [0.25, 0.3) is 0 Å². The van der Waals surface area contributed by atoms with Crippen molar-refractivity contribution in [3.05, 3.63) is 0 Å².